The highest BCUT2D eigenvalue weighted by molar-refractivity contribution is 14.1. The van der Waals surface area contributed by atoms with Crippen LogP contribution in [0.25, 0.3) is 0 Å². The van der Waals surface area contributed by atoms with E-state index >= 15 is 0 Å². The second kappa shape index (κ2) is 3.25. The molecule has 0 fully saturated rings. The summed E-state index contributed by atoms with van der Waals surface area (Å²) in [5, 5.41) is 0. The van der Waals surface area contributed by atoms with Crippen LogP contribution in [-0.2, 0) is 6.42 Å². The normalized spacial score (nSPS) is 21.8. The molecule has 12 heavy (non-hydrogen) atoms. The Kier molecular flexibility index (Phi) is 2.42. The quantitative estimate of drug-likeness (QED) is 0.723. The van der Waals surface area contributed by atoms with E-state index in [1.54, 1.807) is 0 Å². The summed E-state index contributed by atoms with van der Waals surface area (Å²) < 4.78 is 1.21. The molecule has 1 aromatic rings. The molecule has 1 heterocycles. The monoisotopic (exact) mass is 293 g/mol. The van der Waals surface area contributed by atoms with Crippen LogP contribution in [-0.4, -0.2) is 4.98 Å². The number of aromatic nitrogens is 1. The van der Waals surface area contributed by atoms with Crippen LogP contribution >= 0.6 is 33.9 Å². The Hall–Kier alpha value is 0.360. The summed E-state index contributed by atoms with van der Waals surface area (Å²) >= 11 is 4.20. The summed E-state index contributed by atoms with van der Waals surface area (Å²) in [6, 6.07) is 0. The highest BCUT2D eigenvalue weighted by Crippen LogP contribution is 2.40. The van der Waals surface area contributed by atoms with Crippen LogP contribution in [0.15, 0.2) is 0 Å². The van der Waals surface area contributed by atoms with E-state index < -0.39 is 0 Å². The van der Waals surface area contributed by atoms with Crippen LogP contribution in [0, 0.1) is 8.93 Å². The van der Waals surface area contributed by atoms with Gasteiger partial charge in [0.2, 0.25) is 0 Å². The molecule has 0 aliphatic heterocycles. The lowest BCUT2D eigenvalue weighted by atomic mass is 9.94. The largest absolute Gasteiger partial charge is 0.235 e. The van der Waals surface area contributed by atoms with Crippen molar-refractivity contribution in [2.45, 2.75) is 32.6 Å². The van der Waals surface area contributed by atoms with E-state index in [9.17, 15) is 0 Å². The molecule has 66 valence electrons. The molecule has 0 N–H and O–H groups in total. The Morgan fingerprint density at radius 1 is 1.58 bits per heavy atom. The van der Waals surface area contributed by atoms with Crippen molar-refractivity contribution in [3.8, 4) is 0 Å². The highest BCUT2D eigenvalue weighted by Gasteiger charge is 2.28. The molecule has 1 unspecified atom stereocenters. The van der Waals surface area contributed by atoms with Gasteiger partial charge in [-0.15, -0.1) is 11.3 Å². The lowest BCUT2D eigenvalue weighted by Crippen LogP contribution is -2.02. The van der Waals surface area contributed by atoms with Gasteiger partial charge in [-0.1, -0.05) is 13.8 Å². The Morgan fingerprint density at radius 3 is 3.00 bits per heavy atom. The third kappa shape index (κ3) is 1.41. The lowest BCUT2D eigenvalue weighted by Gasteiger charge is -2.12. The predicted octanol–water partition coefficient (Wildman–Crippen LogP) is 3.43. The Balaban J connectivity index is 2.34. The first-order chi connectivity index (χ1) is 5.68. The Labute approximate surface area is 90.7 Å². The number of nitrogens with zero attached hydrogens (tertiary/aromatic N) is 1. The van der Waals surface area contributed by atoms with E-state index in [0.29, 0.717) is 0 Å². The molecule has 0 saturated heterocycles. The van der Waals surface area contributed by atoms with Crippen molar-refractivity contribution in [3.05, 3.63) is 13.6 Å². The smallest absolute Gasteiger partial charge is 0.154 e. The van der Waals surface area contributed by atoms with Crippen molar-refractivity contribution in [1.29, 1.82) is 0 Å². The fourth-order valence-electron chi connectivity index (χ4n) is 1.87. The van der Waals surface area contributed by atoms with E-state index in [2.05, 4.69) is 41.4 Å². The van der Waals surface area contributed by atoms with Crippen LogP contribution in [0.5, 0.6) is 0 Å². The molecular weight excluding hydrogens is 281 g/mol. The van der Waals surface area contributed by atoms with Gasteiger partial charge in [-0.2, -0.15) is 0 Å². The van der Waals surface area contributed by atoms with E-state index in [-0.39, 0.29) is 0 Å². The van der Waals surface area contributed by atoms with Gasteiger partial charge in [0.05, 0.1) is 5.69 Å². The number of aryl methyl sites for hydroxylation is 1. The molecule has 2 rings (SSSR count). The predicted molar refractivity (Wildman–Crippen MR) is 60.7 cm³/mol. The molecule has 1 aliphatic carbocycles. The summed E-state index contributed by atoms with van der Waals surface area (Å²) in [5.74, 6) is 1.49. The summed E-state index contributed by atoms with van der Waals surface area (Å²) in [6.07, 6.45) is 2.58. The van der Waals surface area contributed by atoms with Crippen LogP contribution < -0.4 is 0 Å². The summed E-state index contributed by atoms with van der Waals surface area (Å²) in [5.41, 5.74) is 1.40. The fourth-order valence-corrected chi connectivity index (χ4v) is 3.80. The van der Waals surface area contributed by atoms with Gasteiger partial charge in [-0.05, 0) is 41.4 Å². The van der Waals surface area contributed by atoms with Crippen LogP contribution in [0.2, 0.25) is 0 Å². The van der Waals surface area contributed by atoms with Gasteiger partial charge in [0, 0.05) is 10.8 Å². The average Bonchev–Trinajstić information content (AvgIpc) is 2.43. The molecule has 0 bridgehead atoms. The summed E-state index contributed by atoms with van der Waals surface area (Å²) in [7, 11) is 0. The third-order valence-electron chi connectivity index (χ3n) is 2.54. The van der Waals surface area contributed by atoms with E-state index in [4.69, 9.17) is 0 Å². The number of fused-ring (bicyclic) bond motifs is 1. The van der Waals surface area contributed by atoms with Crippen molar-refractivity contribution >= 4 is 33.9 Å². The van der Waals surface area contributed by atoms with E-state index in [1.165, 1.54) is 26.4 Å². The molecule has 1 aromatic heterocycles. The first-order valence-corrected chi connectivity index (χ1v) is 6.23. The zero-order chi connectivity index (χ0) is 8.72. The molecule has 1 nitrogen and oxygen atoms in total. The second-order valence-electron chi connectivity index (χ2n) is 3.66. The second-order valence-corrected chi connectivity index (χ2v) is 6.50. The molecule has 0 amide bonds. The van der Waals surface area contributed by atoms with Crippen LogP contribution in [0.3, 0.4) is 0 Å². The van der Waals surface area contributed by atoms with Gasteiger partial charge in [0.25, 0.3) is 0 Å². The van der Waals surface area contributed by atoms with Gasteiger partial charge < -0.3 is 0 Å². The van der Waals surface area contributed by atoms with Gasteiger partial charge >= 0.3 is 0 Å². The average molecular weight is 293 g/mol. The van der Waals surface area contributed by atoms with Crippen molar-refractivity contribution in [1.82, 2.24) is 4.98 Å². The molecule has 1 atom stereocenters. The fraction of sp³-hybridized carbons (Fsp3) is 0.667. The maximum absolute atomic E-state index is 4.60. The standard InChI is InChI=1S/C9H12INS/c1-5(2)6-3-4-7-8(6)11-9(10)12-7/h5-6H,3-4H2,1-2H3. The molecule has 0 spiro atoms. The topological polar surface area (TPSA) is 12.9 Å². The number of rotatable bonds is 1. The van der Waals surface area contributed by atoms with Gasteiger partial charge in [0.15, 0.2) is 3.01 Å². The van der Waals surface area contributed by atoms with Crippen LogP contribution in [0.4, 0.5) is 0 Å². The van der Waals surface area contributed by atoms with E-state index in [1.807, 2.05) is 11.3 Å². The zero-order valence-electron chi connectivity index (χ0n) is 7.30. The SMILES string of the molecule is CC(C)C1CCc2sc(I)nc21. The first kappa shape index (κ1) is 8.94. The lowest BCUT2D eigenvalue weighted by molar-refractivity contribution is 0.487. The first-order valence-electron chi connectivity index (χ1n) is 4.33. The number of halogens is 1. The van der Waals surface area contributed by atoms with Crippen molar-refractivity contribution < 1.29 is 0 Å². The minimum Gasteiger partial charge on any atom is -0.235 e. The Bertz CT molecular complexity index is 293. The van der Waals surface area contributed by atoms with Crippen molar-refractivity contribution in [3.63, 3.8) is 0 Å². The van der Waals surface area contributed by atoms with E-state index in [0.717, 1.165) is 11.8 Å². The Morgan fingerprint density at radius 2 is 2.33 bits per heavy atom. The highest BCUT2D eigenvalue weighted by atomic mass is 127. The number of hydrogen-bond donors (Lipinski definition) is 0. The third-order valence-corrected chi connectivity index (χ3v) is 4.36. The molecular formula is C9H12INS. The van der Waals surface area contributed by atoms with Crippen molar-refractivity contribution in [2.75, 3.05) is 0 Å². The van der Waals surface area contributed by atoms with Gasteiger partial charge in [-0.3, -0.25) is 0 Å². The van der Waals surface area contributed by atoms with Crippen molar-refractivity contribution in [2.24, 2.45) is 5.92 Å². The van der Waals surface area contributed by atoms with Gasteiger partial charge in [-0.25, -0.2) is 4.98 Å². The number of thiazole rings is 1. The molecule has 0 radical (unpaired) electrons. The number of hydrogen-bond acceptors (Lipinski definition) is 2. The molecule has 3 heteroatoms. The summed E-state index contributed by atoms with van der Waals surface area (Å²) in [6.45, 7) is 4.60. The summed E-state index contributed by atoms with van der Waals surface area (Å²) in [4.78, 5) is 6.14. The maximum Gasteiger partial charge on any atom is 0.154 e. The minimum absolute atomic E-state index is 0.736. The molecule has 0 saturated carbocycles. The maximum atomic E-state index is 4.60. The molecule has 1 aliphatic rings. The van der Waals surface area contributed by atoms with Gasteiger partial charge in [0.1, 0.15) is 0 Å². The zero-order valence-corrected chi connectivity index (χ0v) is 10.3. The van der Waals surface area contributed by atoms with Crippen LogP contribution in [0.1, 0.15) is 36.8 Å². The molecule has 0 aromatic carbocycles. The minimum atomic E-state index is 0.736.